The largest absolute Gasteiger partial charge is 0.506 e. The molecule has 1 fully saturated rings. The van der Waals surface area contributed by atoms with Gasteiger partial charge in [-0.05, 0) is 17.9 Å². The molecule has 132 valence electrons. The Labute approximate surface area is 144 Å². The molecule has 25 heavy (non-hydrogen) atoms. The Morgan fingerprint density at radius 2 is 1.96 bits per heavy atom. The molecule has 2 aromatic carbocycles. The molecule has 8 heteroatoms. The molecule has 0 aromatic heterocycles. The van der Waals surface area contributed by atoms with Crippen molar-refractivity contribution in [3.63, 3.8) is 0 Å². The van der Waals surface area contributed by atoms with Crippen molar-refractivity contribution in [2.24, 2.45) is 0 Å². The summed E-state index contributed by atoms with van der Waals surface area (Å²) in [4.78, 5) is 23.9. The molecule has 0 spiro atoms. The zero-order chi connectivity index (χ0) is 18.0. The minimum Gasteiger partial charge on any atom is -0.506 e. The number of hydrogen-bond acceptors (Lipinski definition) is 6. The summed E-state index contributed by atoms with van der Waals surface area (Å²) in [7, 11) is -3.10. The lowest BCUT2D eigenvalue weighted by molar-refractivity contribution is -0.124. The van der Waals surface area contributed by atoms with Crippen LogP contribution in [0.5, 0.6) is 5.75 Å². The van der Waals surface area contributed by atoms with Crippen LogP contribution >= 0.6 is 0 Å². The third-order valence-corrected chi connectivity index (χ3v) is 5.82. The highest BCUT2D eigenvalue weighted by Crippen LogP contribution is 2.28. The van der Waals surface area contributed by atoms with Gasteiger partial charge in [0.05, 0.1) is 11.5 Å². The molecular weight excluding hydrogens is 346 g/mol. The van der Waals surface area contributed by atoms with Crippen molar-refractivity contribution in [1.29, 1.82) is 0 Å². The van der Waals surface area contributed by atoms with Crippen molar-refractivity contribution in [1.82, 2.24) is 5.32 Å². The minimum atomic E-state index is -3.10. The van der Waals surface area contributed by atoms with E-state index in [-0.39, 0.29) is 22.8 Å². The van der Waals surface area contributed by atoms with Gasteiger partial charge in [0.2, 0.25) is 0 Å². The SMILES string of the molecule is O=C(COC(=O)c1ccc2ccccc2c1O)N[C@@H]1CCS(=O)(=O)C1. The van der Waals surface area contributed by atoms with Gasteiger partial charge in [0.1, 0.15) is 11.3 Å². The first-order valence-corrected chi connectivity index (χ1v) is 9.55. The number of rotatable bonds is 4. The van der Waals surface area contributed by atoms with Crippen molar-refractivity contribution in [3.05, 3.63) is 42.0 Å². The first kappa shape index (κ1) is 17.2. The molecule has 7 nitrogen and oxygen atoms in total. The number of phenols is 1. The molecular formula is C17H17NO6S. The Morgan fingerprint density at radius 3 is 2.68 bits per heavy atom. The molecule has 2 N–H and O–H groups in total. The maximum atomic E-state index is 12.1. The van der Waals surface area contributed by atoms with E-state index in [2.05, 4.69) is 5.32 Å². The van der Waals surface area contributed by atoms with Crippen molar-refractivity contribution in [3.8, 4) is 5.75 Å². The van der Waals surface area contributed by atoms with E-state index in [4.69, 9.17) is 4.74 Å². The fraction of sp³-hybridized carbons (Fsp3) is 0.294. The van der Waals surface area contributed by atoms with Crippen molar-refractivity contribution < 1.29 is 27.9 Å². The van der Waals surface area contributed by atoms with Crippen LogP contribution in [-0.2, 0) is 19.4 Å². The molecule has 0 aliphatic carbocycles. The summed E-state index contributed by atoms with van der Waals surface area (Å²) in [5.74, 6) is -1.65. The number of sulfone groups is 1. The molecule has 1 saturated heterocycles. The molecule has 0 saturated carbocycles. The molecule has 2 aromatic rings. The number of aromatic hydroxyl groups is 1. The predicted octanol–water partition coefficient (Wildman–Crippen LogP) is 1.01. The Morgan fingerprint density at radius 1 is 1.20 bits per heavy atom. The van der Waals surface area contributed by atoms with E-state index in [1.165, 1.54) is 6.07 Å². The summed E-state index contributed by atoms with van der Waals surface area (Å²) in [6.45, 7) is -0.540. The average molecular weight is 363 g/mol. The van der Waals surface area contributed by atoms with Gasteiger partial charge in [-0.1, -0.05) is 30.3 Å². The molecule has 1 aliphatic heterocycles. The predicted molar refractivity (Wildman–Crippen MR) is 91.1 cm³/mol. The van der Waals surface area contributed by atoms with Crippen LogP contribution in [0.15, 0.2) is 36.4 Å². The van der Waals surface area contributed by atoms with Crippen LogP contribution in [0, 0.1) is 0 Å². The normalized spacial score (nSPS) is 18.8. The topological polar surface area (TPSA) is 110 Å². The highest BCUT2D eigenvalue weighted by molar-refractivity contribution is 7.91. The second kappa shape index (κ2) is 6.72. The fourth-order valence-electron chi connectivity index (χ4n) is 2.81. The number of carbonyl (C=O) groups is 2. The number of phenolic OH excluding ortho intramolecular Hbond substituents is 1. The van der Waals surface area contributed by atoms with Crippen molar-refractivity contribution in [2.75, 3.05) is 18.1 Å². The van der Waals surface area contributed by atoms with Gasteiger partial charge < -0.3 is 15.2 Å². The van der Waals surface area contributed by atoms with Crippen LogP contribution < -0.4 is 5.32 Å². The van der Waals surface area contributed by atoms with Crippen LogP contribution in [0.2, 0.25) is 0 Å². The Bertz CT molecular complexity index is 937. The smallest absolute Gasteiger partial charge is 0.342 e. The lowest BCUT2D eigenvalue weighted by Gasteiger charge is -2.12. The Balaban J connectivity index is 1.61. The van der Waals surface area contributed by atoms with Crippen LogP contribution in [0.3, 0.4) is 0 Å². The Hall–Kier alpha value is -2.61. The van der Waals surface area contributed by atoms with E-state index in [1.54, 1.807) is 24.3 Å². The van der Waals surface area contributed by atoms with Gasteiger partial charge in [-0.3, -0.25) is 4.79 Å². The quantitative estimate of drug-likeness (QED) is 0.785. The van der Waals surface area contributed by atoms with Crippen LogP contribution in [-0.4, -0.2) is 49.6 Å². The first-order chi connectivity index (χ1) is 11.9. The molecule has 1 atom stereocenters. The maximum absolute atomic E-state index is 12.1. The molecule has 1 amide bonds. The third-order valence-electron chi connectivity index (χ3n) is 4.05. The van der Waals surface area contributed by atoms with Gasteiger partial charge in [0, 0.05) is 11.4 Å². The van der Waals surface area contributed by atoms with E-state index >= 15 is 0 Å². The average Bonchev–Trinajstić information content (AvgIpc) is 2.92. The lowest BCUT2D eigenvalue weighted by Crippen LogP contribution is -2.38. The van der Waals surface area contributed by atoms with Gasteiger partial charge in [-0.25, -0.2) is 13.2 Å². The van der Waals surface area contributed by atoms with Gasteiger partial charge in [-0.15, -0.1) is 0 Å². The van der Waals surface area contributed by atoms with Crippen LogP contribution in [0.4, 0.5) is 0 Å². The third kappa shape index (κ3) is 3.90. The molecule has 0 bridgehead atoms. The van der Waals surface area contributed by atoms with E-state index in [1.807, 2.05) is 6.07 Å². The molecule has 1 heterocycles. The summed E-state index contributed by atoms with van der Waals surface area (Å²) in [5, 5.41) is 14.0. The first-order valence-electron chi connectivity index (χ1n) is 7.73. The van der Waals surface area contributed by atoms with Gasteiger partial charge in [-0.2, -0.15) is 0 Å². The summed E-state index contributed by atoms with van der Waals surface area (Å²) in [5.41, 5.74) is -0.0325. The summed E-state index contributed by atoms with van der Waals surface area (Å²) >= 11 is 0. The molecule has 3 rings (SSSR count). The zero-order valence-electron chi connectivity index (χ0n) is 13.3. The number of ether oxygens (including phenoxy) is 1. The number of amides is 1. The Kier molecular flexibility index (Phi) is 4.63. The second-order valence-electron chi connectivity index (χ2n) is 5.93. The number of benzene rings is 2. The van der Waals surface area contributed by atoms with E-state index in [0.717, 1.165) is 5.39 Å². The van der Waals surface area contributed by atoms with Gasteiger partial charge in [0.15, 0.2) is 16.4 Å². The molecule has 1 aliphatic rings. The van der Waals surface area contributed by atoms with E-state index in [9.17, 15) is 23.1 Å². The van der Waals surface area contributed by atoms with Crippen LogP contribution in [0.1, 0.15) is 16.8 Å². The minimum absolute atomic E-state index is 0.0325. The van der Waals surface area contributed by atoms with Gasteiger partial charge in [0.25, 0.3) is 5.91 Å². The summed E-state index contributed by atoms with van der Waals surface area (Å²) in [6.07, 6.45) is 0.355. The molecule has 0 unspecified atom stereocenters. The zero-order valence-corrected chi connectivity index (χ0v) is 14.1. The van der Waals surface area contributed by atoms with E-state index in [0.29, 0.717) is 11.8 Å². The standard InChI is InChI=1S/C17H17NO6S/c19-15(18-12-7-8-25(22,23)10-12)9-24-17(21)14-6-5-11-3-1-2-4-13(11)16(14)20/h1-6,12,20H,7-10H2,(H,18,19)/t12-/m1/s1. The van der Waals surface area contributed by atoms with Crippen LogP contribution in [0.25, 0.3) is 10.8 Å². The van der Waals surface area contributed by atoms with Crippen molar-refractivity contribution in [2.45, 2.75) is 12.5 Å². The summed E-state index contributed by atoms with van der Waals surface area (Å²) in [6, 6.07) is 9.68. The number of carbonyl (C=O) groups excluding carboxylic acids is 2. The number of fused-ring (bicyclic) bond motifs is 1. The highest BCUT2D eigenvalue weighted by atomic mass is 32.2. The number of hydrogen-bond donors (Lipinski definition) is 2. The van der Waals surface area contributed by atoms with Gasteiger partial charge >= 0.3 is 5.97 Å². The monoisotopic (exact) mass is 363 g/mol. The van der Waals surface area contributed by atoms with E-state index < -0.39 is 34.4 Å². The highest BCUT2D eigenvalue weighted by Gasteiger charge is 2.29. The maximum Gasteiger partial charge on any atom is 0.342 e. The van der Waals surface area contributed by atoms with Crippen molar-refractivity contribution >= 4 is 32.5 Å². The fourth-order valence-corrected chi connectivity index (χ4v) is 4.48. The molecule has 0 radical (unpaired) electrons. The summed E-state index contributed by atoms with van der Waals surface area (Å²) < 4.78 is 27.6. The second-order valence-corrected chi connectivity index (χ2v) is 8.16. The number of esters is 1. The number of nitrogens with one attached hydrogen (secondary N) is 1. The lowest BCUT2D eigenvalue weighted by atomic mass is 10.1.